The zero-order valence-corrected chi connectivity index (χ0v) is 13.3. The van der Waals surface area contributed by atoms with Gasteiger partial charge in [0.1, 0.15) is 10.6 Å². The highest BCUT2D eigenvalue weighted by atomic mass is 32.1. The Morgan fingerprint density at radius 3 is 2.81 bits per heavy atom. The molecule has 21 heavy (non-hydrogen) atoms. The summed E-state index contributed by atoms with van der Waals surface area (Å²) in [5.74, 6) is 1.70. The van der Waals surface area contributed by atoms with Gasteiger partial charge >= 0.3 is 0 Å². The van der Waals surface area contributed by atoms with Crippen molar-refractivity contribution >= 4 is 28.3 Å². The van der Waals surface area contributed by atoms with Crippen LogP contribution in [0, 0.1) is 11.8 Å². The Hall–Kier alpha value is -1.30. The van der Waals surface area contributed by atoms with E-state index in [1.165, 1.54) is 37.2 Å². The molecule has 0 bridgehead atoms. The molecule has 1 heterocycles. The number of anilines is 2. The fourth-order valence-electron chi connectivity index (χ4n) is 3.05. The van der Waals surface area contributed by atoms with Gasteiger partial charge in [-0.15, -0.1) is 0 Å². The van der Waals surface area contributed by atoms with E-state index in [2.05, 4.69) is 21.9 Å². The quantitative estimate of drug-likeness (QED) is 0.781. The van der Waals surface area contributed by atoms with Crippen molar-refractivity contribution in [1.29, 1.82) is 0 Å². The number of amides is 1. The van der Waals surface area contributed by atoms with E-state index in [-0.39, 0.29) is 5.91 Å². The molecule has 2 unspecified atom stereocenters. The van der Waals surface area contributed by atoms with Crippen molar-refractivity contribution < 1.29 is 4.79 Å². The van der Waals surface area contributed by atoms with E-state index in [4.69, 9.17) is 5.73 Å². The third-order valence-electron chi connectivity index (χ3n) is 4.67. The van der Waals surface area contributed by atoms with Crippen LogP contribution in [-0.4, -0.2) is 22.9 Å². The van der Waals surface area contributed by atoms with Crippen LogP contribution in [0.2, 0.25) is 0 Å². The van der Waals surface area contributed by atoms with Gasteiger partial charge in [0.2, 0.25) is 0 Å². The predicted octanol–water partition coefficient (Wildman–Crippen LogP) is 2.86. The lowest BCUT2D eigenvalue weighted by molar-refractivity contribution is 0.0953. The molecule has 5 nitrogen and oxygen atoms in total. The molecule has 1 aromatic rings. The fraction of sp³-hybridized carbons (Fsp3) is 0.733. The maximum Gasteiger partial charge on any atom is 0.258 e. The molecule has 2 aliphatic carbocycles. The molecule has 0 spiro atoms. The molecule has 3 rings (SSSR count). The summed E-state index contributed by atoms with van der Waals surface area (Å²) in [6.45, 7) is 3.24. The number of hydrogen-bond acceptors (Lipinski definition) is 5. The van der Waals surface area contributed by atoms with Gasteiger partial charge in [-0.3, -0.25) is 4.79 Å². The van der Waals surface area contributed by atoms with E-state index >= 15 is 0 Å². The molecule has 116 valence electrons. The maximum absolute atomic E-state index is 12.2. The first kappa shape index (κ1) is 14.6. The smallest absolute Gasteiger partial charge is 0.258 e. The number of nitrogen functional groups attached to an aromatic ring is 1. The average molecular weight is 308 g/mol. The van der Waals surface area contributed by atoms with Crippen LogP contribution >= 0.6 is 11.5 Å². The Kier molecular flexibility index (Phi) is 4.33. The van der Waals surface area contributed by atoms with Gasteiger partial charge in [0.15, 0.2) is 5.82 Å². The monoisotopic (exact) mass is 308 g/mol. The van der Waals surface area contributed by atoms with Gasteiger partial charge in [-0.2, -0.15) is 4.37 Å². The van der Waals surface area contributed by atoms with E-state index in [1.807, 2.05) is 0 Å². The summed E-state index contributed by atoms with van der Waals surface area (Å²) in [5, 5.41) is 7.24. The number of hydrogen-bond donors (Lipinski definition) is 3. The van der Waals surface area contributed by atoms with Crippen LogP contribution in [0.4, 0.5) is 10.8 Å². The summed E-state index contributed by atoms with van der Waals surface area (Å²) in [5.41, 5.74) is 6.41. The Balaban J connectivity index is 1.63. The predicted molar refractivity (Wildman–Crippen MR) is 86.6 cm³/mol. The minimum atomic E-state index is -0.0806. The molecular weight excluding hydrogens is 284 g/mol. The highest BCUT2D eigenvalue weighted by molar-refractivity contribution is 7.11. The number of nitrogens with one attached hydrogen (secondary N) is 2. The molecule has 0 aliphatic heterocycles. The molecule has 1 amide bonds. The van der Waals surface area contributed by atoms with E-state index in [0.717, 1.165) is 30.3 Å². The van der Waals surface area contributed by atoms with Crippen LogP contribution < -0.4 is 16.4 Å². The lowest BCUT2D eigenvalue weighted by atomic mass is 9.80. The summed E-state index contributed by atoms with van der Waals surface area (Å²) in [6.07, 6.45) is 7.39. The minimum Gasteiger partial charge on any atom is -0.382 e. The number of nitrogens with zero attached hydrogens (tertiary/aromatic N) is 1. The maximum atomic E-state index is 12.2. The summed E-state index contributed by atoms with van der Waals surface area (Å²) < 4.78 is 4.14. The molecule has 2 saturated carbocycles. The summed E-state index contributed by atoms with van der Waals surface area (Å²) in [6, 6.07) is 0.336. The average Bonchev–Trinajstić information content (AvgIpc) is 3.19. The molecular formula is C15H24N4OS. The number of carbonyl (C=O) groups is 1. The van der Waals surface area contributed by atoms with Crippen molar-refractivity contribution in [3.05, 3.63) is 5.56 Å². The van der Waals surface area contributed by atoms with Gasteiger partial charge in [0.25, 0.3) is 5.91 Å². The van der Waals surface area contributed by atoms with Crippen LogP contribution in [0.3, 0.4) is 0 Å². The second kappa shape index (κ2) is 6.22. The third-order valence-corrected chi connectivity index (χ3v) is 5.49. The molecule has 4 N–H and O–H groups in total. The van der Waals surface area contributed by atoms with E-state index in [1.54, 1.807) is 0 Å². The summed E-state index contributed by atoms with van der Waals surface area (Å²) in [7, 11) is 0. The molecule has 2 atom stereocenters. The van der Waals surface area contributed by atoms with Gasteiger partial charge in [0, 0.05) is 12.6 Å². The molecule has 2 fully saturated rings. The molecule has 0 aromatic carbocycles. The number of aromatic nitrogens is 1. The Bertz CT molecular complexity index is 512. The van der Waals surface area contributed by atoms with Crippen molar-refractivity contribution in [2.24, 2.45) is 11.8 Å². The summed E-state index contributed by atoms with van der Waals surface area (Å²) in [4.78, 5) is 12.2. The van der Waals surface area contributed by atoms with Crippen LogP contribution in [0.25, 0.3) is 0 Å². The van der Waals surface area contributed by atoms with Gasteiger partial charge in [-0.1, -0.05) is 26.2 Å². The highest BCUT2D eigenvalue weighted by Crippen LogP contribution is 2.32. The zero-order chi connectivity index (χ0) is 14.8. The van der Waals surface area contributed by atoms with Crippen molar-refractivity contribution in [2.45, 2.75) is 51.5 Å². The molecule has 0 saturated heterocycles. The Morgan fingerprint density at radius 2 is 2.10 bits per heavy atom. The Morgan fingerprint density at radius 1 is 1.33 bits per heavy atom. The van der Waals surface area contributed by atoms with Crippen LogP contribution in [0.1, 0.15) is 55.8 Å². The Labute approximate surface area is 129 Å². The molecule has 6 heteroatoms. The first-order valence-electron chi connectivity index (χ1n) is 7.95. The van der Waals surface area contributed by atoms with Gasteiger partial charge in [-0.05, 0) is 42.6 Å². The summed E-state index contributed by atoms with van der Waals surface area (Å²) >= 11 is 1.29. The van der Waals surface area contributed by atoms with Crippen LogP contribution in [-0.2, 0) is 0 Å². The molecule has 1 aromatic heterocycles. The van der Waals surface area contributed by atoms with Crippen molar-refractivity contribution in [3.8, 4) is 0 Å². The van der Waals surface area contributed by atoms with Crippen molar-refractivity contribution in [3.63, 3.8) is 0 Å². The zero-order valence-electron chi connectivity index (χ0n) is 12.5. The number of carbonyl (C=O) groups excluding carboxylic acids is 1. The van der Waals surface area contributed by atoms with Crippen molar-refractivity contribution in [2.75, 3.05) is 17.6 Å². The first-order chi connectivity index (χ1) is 10.1. The lowest BCUT2D eigenvalue weighted by Crippen LogP contribution is -2.28. The number of rotatable bonds is 5. The molecule has 0 radical (unpaired) electrons. The molecule has 2 aliphatic rings. The van der Waals surface area contributed by atoms with E-state index in [9.17, 15) is 4.79 Å². The standard InChI is InChI=1S/C15H24N4OS/c1-9-4-2-3-5-10(9)8-17-15-12(13(16)19-21-15)14(20)18-11-6-7-11/h9-11,17H,2-8H2,1H3,(H2,16,19)(H,18,20). The van der Waals surface area contributed by atoms with Crippen LogP contribution in [0.15, 0.2) is 0 Å². The first-order valence-corrected chi connectivity index (χ1v) is 8.72. The topological polar surface area (TPSA) is 80.0 Å². The van der Waals surface area contributed by atoms with E-state index < -0.39 is 0 Å². The lowest BCUT2D eigenvalue weighted by Gasteiger charge is -2.28. The second-order valence-corrected chi connectivity index (χ2v) is 7.20. The van der Waals surface area contributed by atoms with Gasteiger partial charge in [0.05, 0.1) is 0 Å². The number of nitrogens with two attached hydrogens (primary N) is 1. The van der Waals surface area contributed by atoms with Crippen LogP contribution in [0.5, 0.6) is 0 Å². The second-order valence-electron chi connectivity index (χ2n) is 6.42. The van der Waals surface area contributed by atoms with E-state index in [0.29, 0.717) is 23.3 Å². The highest BCUT2D eigenvalue weighted by Gasteiger charge is 2.28. The minimum absolute atomic E-state index is 0.0806. The van der Waals surface area contributed by atoms with Gasteiger partial charge < -0.3 is 16.4 Å². The fourth-order valence-corrected chi connectivity index (χ4v) is 3.77. The third kappa shape index (κ3) is 3.48. The SMILES string of the molecule is CC1CCCCC1CNc1snc(N)c1C(=O)NC1CC1. The van der Waals surface area contributed by atoms with Crippen molar-refractivity contribution in [1.82, 2.24) is 9.69 Å². The van der Waals surface area contributed by atoms with Gasteiger partial charge in [-0.25, -0.2) is 0 Å². The largest absolute Gasteiger partial charge is 0.382 e. The normalized spacial score (nSPS) is 25.6.